The molecule has 2 rings (SSSR count). The van der Waals surface area contributed by atoms with Crippen molar-refractivity contribution < 1.29 is 24.2 Å². The molecule has 0 bridgehead atoms. The number of ether oxygens (including phenoxy) is 2. The smallest absolute Gasteiger partial charge is 0.271 e. The Bertz CT molecular complexity index is 836. The van der Waals surface area contributed by atoms with Crippen LogP contribution in [0.5, 0.6) is 11.5 Å². The predicted octanol–water partition coefficient (Wildman–Crippen LogP) is 1.48. The molecule has 0 fully saturated rings. The van der Waals surface area contributed by atoms with Crippen molar-refractivity contribution in [2.75, 3.05) is 14.2 Å². The zero-order valence-corrected chi connectivity index (χ0v) is 14.2. The second kappa shape index (κ2) is 8.16. The van der Waals surface area contributed by atoms with Crippen LogP contribution in [0.3, 0.4) is 0 Å². The summed E-state index contributed by atoms with van der Waals surface area (Å²) < 4.78 is 10.1. The lowest BCUT2D eigenvalue weighted by atomic mass is 10.1. The van der Waals surface area contributed by atoms with Crippen molar-refractivity contribution in [1.29, 1.82) is 0 Å². The molecule has 8 heteroatoms. The van der Waals surface area contributed by atoms with E-state index < -0.39 is 11.9 Å². The highest BCUT2D eigenvalue weighted by Crippen LogP contribution is 2.32. The van der Waals surface area contributed by atoms with Crippen molar-refractivity contribution >= 4 is 29.7 Å². The number of hydrogen-bond donors (Lipinski definition) is 1. The fraction of sp³-hybridized carbons (Fsp3) is 0.118. The molecule has 0 spiro atoms. The molecule has 0 atom stereocenters. The molecule has 0 saturated heterocycles. The van der Waals surface area contributed by atoms with Gasteiger partial charge in [-0.05, 0) is 30.3 Å². The van der Waals surface area contributed by atoms with E-state index in [4.69, 9.17) is 21.1 Å². The topological polar surface area (TPSA) is 100 Å². The average Bonchev–Trinajstić information content (AvgIpc) is 2.60. The summed E-state index contributed by atoms with van der Waals surface area (Å²) in [5, 5.41) is 15.6. The number of carboxylic acid groups (broad SMARTS) is 1. The lowest BCUT2D eigenvalue weighted by molar-refractivity contribution is -0.255. The van der Waals surface area contributed by atoms with Crippen LogP contribution < -0.4 is 20.0 Å². The molecule has 2 aromatic rings. The standard InChI is InChI=1S/C17H15ClN2O5/c1-24-13-7-6-11(14(17(22)23)15(13)25-2)9-19-20-16(21)10-4-3-5-12(18)8-10/h3-9H,1-2H3,(H,20,21)(H,22,23)/p-1/b19-9-. The Labute approximate surface area is 148 Å². The van der Waals surface area contributed by atoms with E-state index in [0.717, 1.165) is 0 Å². The van der Waals surface area contributed by atoms with E-state index in [1.54, 1.807) is 18.2 Å². The first-order valence-electron chi connectivity index (χ1n) is 7.03. The number of aromatic carboxylic acids is 1. The average molecular weight is 362 g/mol. The number of halogens is 1. The van der Waals surface area contributed by atoms with Gasteiger partial charge in [-0.25, -0.2) is 5.43 Å². The molecule has 25 heavy (non-hydrogen) atoms. The van der Waals surface area contributed by atoms with Gasteiger partial charge in [0.1, 0.15) is 0 Å². The Morgan fingerprint density at radius 2 is 1.96 bits per heavy atom. The van der Waals surface area contributed by atoms with Gasteiger partial charge in [-0.2, -0.15) is 5.10 Å². The van der Waals surface area contributed by atoms with Gasteiger partial charge in [0.05, 0.1) is 32.0 Å². The molecule has 0 aromatic heterocycles. The first kappa shape index (κ1) is 18.3. The second-order valence-electron chi connectivity index (χ2n) is 4.76. The monoisotopic (exact) mass is 361 g/mol. The van der Waals surface area contributed by atoms with Gasteiger partial charge in [-0.3, -0.25) is 4.79 Å². The summed E-state index contributed by atoms with van der Waals surface area (Å²) in [5.74, 6) is -1.71. The minimum Gasteiger partial charge on any atom is -0.545 e. The Kier molecular flexibility index (Phi) is 5.97. The summed E-state index contributed by atoms with van der Waals surface area (Å²) in [7, 11) is 2.70. The summed E-state index contributed by atoms with van der Waals surface area (Å²) in [5.41, 5.74) is 2.56. The maximum absolute atomic E-state index is 12.0. The maximum atomic E-state index is 12.0. The molecular formula is C17H14ClN2O5-. The third kappa shape index (κ3) is 4.27. The summed E-state index contributed by atoms with van der Waals surface area (Å²) >= 11 is 5.82. The predicted molar refractivity (Wildman–Crippen MR) is 90.4 cm³/mol. The van der Waals surface area contributed by atoms with Crippen molar-refractivity contribution in [1.82, 2.24) is 5.43 Å². The highest BCUT2D eigenvalue weighted by atomic mass is 35.5. The lowest BCUT2D eigenvalue weighted by Crippen LogP contribution is -2.25. The molecule has 130 valence electrons. The normalized spacial score (nSPS) is 10.5. The van der Waals surface area contributed by atoms with Gasteiger partial charge in [-0.1, -0.05) is 17.7 Å². The van der Waals surface area contributed by atoms with Crippen molar-refractivity contribution in [3.63, 3.8) is 0 Å². The number of benzene rings is 2. The van der Waals surface area contributed by atoms with E-state index in [-0.39, 0.29) is 22.6 Å². The summed E-state index contributed by atoms with van der Waals surface area (Å²) in [6.07, 6.45) is 1.18. The number of nitrogens with zero attached hydrogens (tertiary/aromatic N) is 1. The number of hydrazone groups is 1. The van der Waals surface area contributed by atoms with Gasteiger partial charge < -0.3 is 19.4 Å². The maximum Gasteiger partial charge on any atom is 0.271 e. The minimum absolute atomic E-state index is 0.00705. The van der Waals surface area contributed by atoms with Gasteiger partial charge in [0, 0.05) is 16.1 Å². The molecule has 2 aromatic carbocycles. The minimum atomic E-state index is -1.46. The van der Waals surface area contributed by atoms with Crippen molar-refractivity contribution in [3.05, 3.63) is 58.1 Å². The van der Waals surface area contributed by atoms with E-state index in [2.05, 4.69) is 10.5 Å². The zero-order chi connectivity index (χ0) is 18.4. The molecule has 0 unspecified atom stereocenters. The number of carbonyl (C=O) groups is 2. The van der Waals surface area contributed by atoms with E-state index in [1.807, 2.05) is 0 Å². The summed E-state index contributed by atoms with van der Waals surface area (Å²) in [4.78, 5) is 23.4. The molecular weight excluding hydrogens is 348 g/mol. The van der Waals surface area contributed by atoms with Crippen LogP contribution in [-0.2, 0) is 0 Å². The van der Waals surface area contributed by atoms with Gasteiger partial charge in [0.2, 0.25) is 0 Å². The van der Waals surface area contributed by atoms with Gasteiger partial charge in [0.15, 0.2) is 11.5 Å². The number of carbonyl (C=O) groups excluding carboxylic acids is 2. The van der Waals surface area contributed by atoms with Crippen molar-refractivity contribution in [2.24, 2.45) is 5.10 Å². The molecule has 1 amide bonds. The van der Waals surface area contributed by atoms with Crippen LogP contribution in [0.4, 0.5) is 0 Å². The molecule has 7 nitrogen and oxygen atoms in total. The fourth-order valence-corrected chi connectivity index (χ4v) is 2.31. The van der Waals surface area contributed by atoms with Crippen LogP contribution in [0.15, 0.2) is 41.5 Å². The quantitative estimate of drug-likeness (QED) is 0.620. The Morgan fingerprint density at radius 1 is 1.20 bits per heavy atom. The number of methoxy groups -OCH3 is 2. The fourth-order valence-electron chi connectivity index (χ4n) is 2.12. The zero-order valence-electron chi connectivity index (χ0n) is 13.4. The second-order valence-corrected chi connectivity index (χ2v) is 5.20. The van der Waals surface area contributed by atoms with Crippen molar-refractivity contribution in [2.45, 2.75) is 0 Å². The van der Waals surface area contributed by atoms with Gasteiger partial charge >= 0.3 is 0 Å². The molecule has 0 radical (unpaired) electrons. The Balaban J connectivity index is 2.26. The van der Waals surface area contributed by atoms with Crippen molar-refractivity contribution in [3.8, 4) is 11.5 Å². The highest BCUT2D eigenvalue weighted by Gasteiger charge is 2.15. The molecule has 0 aliphatic heterocycles. The number of amides is 1. The number of rotatable bonds is 6. The number of carboxylic acids is 1. The largest absolute Gasteiger partial charge is 0.545 e. The first-order chi connectivity index (χ1) is 12.0. The van der Waals surface area contributed by atoms with Crippen LogP contribution in [-0.4, -0.2) is 32.3 Å². The highest BCUT2D eigenvalue weighted by molar-refractivity contribution is 6.30. The number of hydrogen-bond acceptors (Lipinski definition) is 6. The van der Waals surface area contributed by atoms with Gasteiger partial charge in [0.25, 0.3) is 5.91 Å². The van der Waals surface area contributed by atoms with Crippen LogP contribution in [0, 0.1) is 0 Å². The number of nitrogens with one attached hydrogen (secondary N) is 1. The van der Waals surface area contributed by atoms with Crippen LogP contribution in [0.25, 0.3) is 0 Å². The van der Waals surface area contributed by atoms with E-state index in [1.165, 1.54) is 38.6 Å². The Hall–Kier alpha value is -3.06. The molecule has 1 N–H and O–H groups in total. The van der Waals surface area contributed by atoms with Crippen LogP contribution in [0.2, 0.25) is 5.02 Å². The van der Waals surface area contributed by atoms with E-state index in [9.17, 15) is 14.7 Å². The lowest BCUT2D eigenvalue weighted by Gasteiger charge is -2.15. The van der Waals surface area contributed by atoms with E-state index in [0.29, 0.717) is 10.6 Å². The molecule has 0 aliphatic rings. The van der Waals surface area contributed by atoms with E-state index >= 15 is 0 Å². The summed E-state index contributed by atoms with van der Waals surface area (Å²) in [6, 6.07) is 9.29. The van der Waals surface area contributed by atoms with Crippen LogP contribution >= 0.6 is 11.6 Å². The summed E-state index contributed by atoms with van der Waals surface area (Å²) in [6.45, 7) is 0. The molecule has 0 aliphatic carbocycles. The molecule has 0 heterocycles. The third-order valence-corrected chi connectivity index (χ3v) is 3.47. The van der Waals surface area contributed by atoms with Crippen LogP contribution in [0.1, 0.15) is 26.3 Å². The Morgan fingerprint density at radius 3 is 2.56 bits per heavy atom. The third-order valence-electron chi connectivity index (χ3n) is 3.24. The van der Waals surface area contributed by atoms with Gasteiger partial charge in [-0.15, -0.1) is 0 Å². The first-order valence-corrected chi connectivity index (χ1v) is 7.41. The molecule has 0 saturated carbocycles. The SMILES string of the molecule is COc1ccc(/C=N\NC(=O)c2cccc(Cl)c2)c(C(=O)[O-])c1OC.